The highest BCUT2D eigenvalue weighted by molar-refractivity contribution is 7.90. The van der Waals surface area contributed by atoms with Gasteiger partial charge in [0.2, 0.25) is 0 Å². The molecule has 0 fully saturated rings. The molecule has 0 atom stereocenters. The summed E-state index contributed by atoms with van der Waals surface area (Å²) in [6.07, 6.45) is 0.908. The van der Waals surface area contributed by atoms with E-state index in [1.165, 1.54) is 7.11 Å². The number of nitro groups is 1. The van der Waals surface area contributed by atoms with Crippen LogP contribution in [0.2, 0.25) is 0 Å². The van der Waals surface area contributed by atoms with Crippen LogP contribution >= 0.6 is 0 Å². The van der Waals surface area contributed by atoms with Gasteiger partial charge in [-0.2, -0.15) is 0 Å². The van der Waals surface area contributed by atoms with Crippen molar-refractivity contribution in [3.8, 4) is 0 Å². The Bertz CT molecular complexity index is 712. The van der Waals surface area contributed by atoms with Crippen LogP contribution in [0.4, 0.5) is 5.69 Å². The molecule has 0 aliphatic rings. The van der Waals surface area contributed by atoms with Gasteiger partial charge in [0.25, 0.3) is 5.69 Å². The molecule has 0 unspecified atom stereocenters. The molecule has 1 N–H and O–H groups in total. The van der Waals surface area contributed by atoms with Gasteiger partial charge in [0.15, 0.2) is 15.6 Å². The highest BCUT2D eigenvalue weighted by Crippen LogP contribution is 2.23. The zero-order valence-electron chi connectivity index (χ0n) is 11.9. The fourth-order valence-corrected chi connectivity index (χ4v) is 2.22. The predicted octanol–water partition coefficient (Wildman–Crippen LogP) is -0.0564. The SMILES string of the molecule is COC(=O)CNCC(=O)c1ccc(S(C)(=O)=O)cc1[N+](=O)[O-]. The molecule has 0 bridgehead atoms. The average Bonchev–Trinajstić information content (AvgIpc) is 2.45. The summed E-state index contributed by atoms with van der Waals surface area (Å²) >= 11 is 0. The Hall–Kier alpha value is -2.33. The van der Waals surface area contributed by atoms with E-state index >= 15 is 0 Å². The van der Waals surface area contributed by atoms with Crippen molar-refractivity contribution in [1.82, 2.24) is 5.32 Å². The van der Waals surface area contributed by atoms with Gasteiger partial charge >= 0.3 is 5.97 Å². The maximum absolute atomic E-state index is 11.9. The number of ether oxygens (including phenoxy) is 1. The van der Waals surface area contributed by atoms with E-state index in [-0.39, 0.29) is 23.5 Å². The van der Waals surface area contributed by atoms with Crippen molar-refractivity contribution in [3.05, 3.63) is 33.9 Å². The number of carbonyl (C=O) groups excluding carboxylic acids is 2. The number of rotatable bonds is 7. The minimum absolute atomic E-state index is 0.225. The third-order valence-corrected chi connectivity index (χ3v) is 3.79. The summed E-state index contributed by atoms with van der Waals surface area (Å²) < 4.78 is 27.2. The van der Waals surface area contributed by atoms with Crippen LogP contribution in [0.5, 0.6) is 0 Å². The van der Waals surface area contributed by atoms with E-state index in [1.54, 1.807) is 0 Å². The first-order valence-electron chi connectivity index (χ1n) is 5.96. The van der Waals surface area contributed by atoms with Gasteiger partial charge in [-0.1, -0.05) is 0 Å². The molecule has 120 valence electrons. The highest BCUT2D eigenvalue weighted by atomic mass is 32.2. The Morgan fingerprint density at radius 2 is 1.95 bits per heavy atom. The van der Waals surface area contributed by atoms with Crippen molar-refractivity contribution in [1.29, 1.82) is 0 Å². The Morgan fingerprint density at radius 3 is 2.45 bits per heavy atom. The van der Waals surface area contributed by atoms with E-state index in [4.69, 9.17) is 0 Å². The molecule has 0 aliphatic carbocycles. The molecule has 1 rings (SSSR count). The fraction of sp³-hybridized carbons (Fsp3) is 0.333. The van der Waals surface area contributed by atoms with Gasteiger partial charge in [0, 0.05) is 12.3 Å². The molecule has 10 heteroatoms. The molecule has 0 amide bonds. The van der Waals surface area contributed by atoms with E-state index in [1.807, 2.05) is 0 Å². The topological polar surface area (TPSA) is 133 Å². The molecular weight excluding hydrogens is 316 g/mol. The lowest BCUT2D eigenvalue weighted by Crippen LogP contribution is -2.29. The second-order valence-electron chi connectivity index (χ2n) is 4.31. The zero-order valence-corrected chi connectivity index (χ0v) is 12.7. The molecule has 0 radical (unpaired) electrons. The monoisotopic (exact) mass is 330 g/mol. The Labute approximate surface area is 126 Å². The van der Waals surface area contributed by atoms with Crippen molar-refractivity contribution in [3.63, 3.8) is 0 Å². The first kappa shape index (κ1) is 17.7. The summed E-state index contributed by atoms with van der Waals surface area (Å²) in [4.78, 5) is 32.7. The van der Waals surface area contributed by atoms with Gasteiger partial charge in [0.1, 0.15) is 0 Å². The van der Waals surface area contributed by atoms with Crippen LogP contribution in [-0.4, -0.2) is 51.5 Å². The largest absolute Gasteiger partial charge is 0.468 e. The number of esters is 1. The Balaban J connectivity index is 3.01. The van der Waals surface area contributed by atoms with Crippen LogP contribution in [-0.2, 0) is 19.4 Å². The quantitative estimate of drug-likeness (QED) is 0.318. The Kier molecular flexibility index (Phi) is 5.71. The number of ketones is 1. The van der Waals surface area contributed by atoms with Crippen LogP contribution in [0.25, 0.3) is 0 Å². The van der Waals surface area contributed by atoms with Crippen LogP contribution in [0.1, 0.15) is 10.4 Å². The molecule has 9 nitrogen and oxygen atoms in total. The average molecular weight is 330 g/mol. The number of carbonyl (C=O) groups is 2. The lowest BCUT2D eigenvalue weighted by atomic mass is 10.1. The van der Waals surface area contributed by atoms with Crippen LogP contribution in [0.3, 0.4) is 0 Å². The van der Waals surface area contributed by atoms with Crippen LogP contribution in [0, 0.1) is 10.1 Å². The number of nitro benzene ring substituents is 1. The smallest absolute Gasteiger partial charge is 0.319 e. The standard InChI is InChI=1S/C12H14N2O7S/c1-21-12(16)7-13-6-11(15)9-4-3-8(22(2,19)20)5-10(9)14(17)18/h3-5,13H,6-7H2,1-2H3. The third kappa shape index (κ3) is 4.60. The van der Waals surface area contributed by atoms with E-state index in [0.29, 0.717) is 0 Å². The highest BCUT2D eigenvalue weighted by Gasteiger charge is 2.23. The molecule has 0 saturated heterocycles. The minimum atomic E-state index is -3.63. The second-order valence-corrected chi connectivity index (χ2v) is 6.33. The summed E-state index contributed by atoms with van der Waals surface area (Å²) in [6.45, 7) is -0.550. The first-order chi connectivity index (χ1) is 10.2. The van der Waals surface area contributed by atoms with Crippen molar-refractivity contribution in [2.24, 2.45) is 0 Å². The number of nitrogens with zero attached hydrogens (tertiary/aromatic N) is 1. The maximum Gasteiger partial charge on any atom is 0.319 e. The van der Waals surface area contributed by atoms with Gasteiger partial charge in [0.05, 0.1) is 35.6 Å². The first-order valence-corrected chi connectivity index (χ1v) is 7.85. The Morgan fingerprint density at radius 1 is 1.32 bits per heavy atom. The molecular formula is C12H14N2O7S. The predicted molar refractivity (Wildman–Crippen MR) is 75.4 cm³/mol. The van der Waals surface area contributed by atoms with Crippen molar-refractivity contribution >= 4 is 27.3 Å². The van der Waals surface area contributed by atoms with Crippen LogP contribution in [0.15, 0.2) is 23.1 Å². The number of methoxy groups -OCH3 is 1. The summed E-state index contributed by atoms with van der Waals surface area (Å²) in [5.74, 6) is -1.23. The van der Waals surface area contributed by atoms with E-state index in [0.717, 1.165) is 24.5 Å². The number of nitrogens with one attached hydrogen (secondary N) is 1. The molecule has 0 heterocycles. The lowest BCUT2D eigenvalue weighted by Gasteiger charge is -2.05. The molecule has 0 aromatic heterocycles. The van der Waals surface area contributed by atoms with Crippen molar-refractivity contribution < 1.29 is 27.7 Å². The number of sulfone groups is 1. The van der Waals surface area contributed by atoms with Gasteiger partial charge in [-0.25, -0.2) is 8.42 Å². The normalized spacial score (nSPS) is 11.0. The number of hydrogen-bond acceptors (Lipinski definition) is 8. The molecule has 1 aromatic carbocycles. The van der Waals surface area contributed by atoms with E-state index < -0.39 is 32.2 Å². The van der Waals surface area contributed by atoms with Crippen molar-refractivity contribution in [2.45, 2.75) is 4.90 Å². The summed E-state index contributed by atoms with van der Waals surface area (Å²) in [5.41, 5.74) is -0.845. The summed E-state index contributed by atoms with van der Waals surface area (Å²) in [7, 11) is -2.44. The lowest BCUT2D eigenvalue weighted by molar-refractivity contribution is -0.385. The maximum atomic E-state index is 11.9. The molecule has 1 aromatic rings. The van der Waals surface area contributed by atoms with Crippen LogP contribution < -0.4 is 5.32 Å². The third-order valence-electron chi connectivity index (χ3n) is 2.68. The van der Waals surface area contributed by atoms with E-state index in [2.05, 4.69) is 10.1 Å². The zero-order chi connectivity index (χ0) is 16.9. The minimum Gasteiger partial charge on any atom is -0.468 e. The van der Waals surface area contributed by atoms with Gasteiger partial charge in [-0.15, -0.1) is 0 Å². The molecule has 22 heavy (non-hydrogen) atoms. The summed E-state index contributed by atoms with van der Waals surface area (Å²) in [6, 6.07) is 3.04. The van der Waals surface area contributed by atoms with E-state index in [9.17, 15) is 28.1 Å². The fourth-order valence-electron chi connectivity index (χ4n) is 1.57. The molecule has 0 aliphatic heterocycles. The van der Waals surface area contributed by atoms with Gasteiger partial charge in [-0.3, -0.25) is 25.0 Å². The summed E-state index contributed by atoms with van der Waals surface area (Å²) in [5, 5.41) is 13.5. The molecule has 0 saturated carbocycles. The second kappa shape index (κ2) is 7.09. The van der Waals surface area contributed by atoms with Gasteiger partial charge < -0.3 is 4.74 Å². The van der Waals surface area contributed by atoms with Crippen molar-refractivity contribution in [2.75, 3.05) is 26.5 Å². The number of Topliss-reactive ketones (excluding diaryl/α,β-unsaturated/α-hetero) is 1. The molecule has 0 spiro atoms. The number of benzene rings is 1. The number of hydrogen-bond donors (Lipinski definition) is 1. The van der Waals surface area contributed by atoms with Gasteiger partial charge in [-0.05, 0) is 12.1 Å².